The average molecular weight is 339 g/mol. The number of aromatic nitrogens is 1. The second-order valence-corrected chi connectivity index (χ2v) is 6.22. The molecule has 3 aromatic rings. The normalized spacial score (nSPS) is 10.4. The third kappa shape index (κ3) is 3.91. The van der Waals surface area contributed by atoms with Crippen molar-refractivity contribution < 1.29 is 9.53 Å². The van der Waals surface area contributed by atoms with E-state index < -0.39 is 0 Å². The molecule has 5 nitrogen and oxygen atoms in total. The number of rotatable bonds is 5. The van der Waals surface area contributed by atoms with Gasteiger partial charge in [-0.2, -0.15) is 0 Å². The second kappa shape index (κ2) is 7.14. The third-order valence-electron chi connectivity index (χ3n) is 3.44. The number of ether oxygens (including phenoxy) is 1. The molecule has 3 N–H and O–H groups in total. The Morgan fingerprint density at radius 1 is 1.29 bits per heavy atom. The molecule has 0 saturated carbocycles. The van der Waals surface area contributed by atoms with Crippen LogP contribution in [0.5, 0.6) is 5.75 Å². The van der Waals surface area contributed by atoms with Crippen LogP contribution in [-0.2, 0) is 6.61 Å². The highest BCUT2D eigenvalue weighted by Gasteiger charge is 2.07. The number of aryl methyl sites for hydroxylation is 1. The Kier molecular flexibility index (Phi) is 4.77. The van der Waals surface area contributed by atoms with E-state index in [0.717, 1.165) is 16.3 Å². The van der Waals surface area contributed by atoms with Crippen LogP contribution in [-0.4, -0.2) is 10.9 Å². The standard InChI is InChI=1S/C18H17N3O2S/c1-12-5-6-13(10-20-12)18(22)21-15-3-2-4-16(9-15)23-11-14-7-8-24-17(14)19/h2-10H,11,19H2,1H3,(H,21,22). The summed E-state index contributed by atoms with van der Waals surface area (Å²) >= 11 is 1.48. The van der Waals surface area contributed by atoms with Crippen LogP contribution in [0, 0.1) is 6.92 Å². The van der Waals surface area contributed by atoms with Gasteiger partial charge in [0.2, 0.25) is 0 Å². The number of amides is 1. The minimum atomic E-state index is -0.207. The molecule has 0 fully saturated rings. The number of pyridine rings is 1. The lowest BCUT2D eigenvalue weighted by Crippen LogP contribution is -2.12. The molecule has 0 unspecified atom stereocenters. The summed E-state index contributed by atoms with van der Waals surface area (Å²) in [5, 5.41) is 5.53. The van der Waals surface area contributed by atoms with Gasteiger partial charge < -0.3 is 15.8 Å². The number of benzene rings is 1. The number of nitrogens with one attached hydrogen (secondary N) is 1. The highest BCUT2D eigenvalue weighted by atomic mass is 32.1. The summed E-state index contributed by atoms with van der Waals surface area (Å²) in [5.74, 6) is 0.460. The van der Waals surface area contributed by atoms with Gasteiger partial charge in [-0.25, -0.2) is 0 Å². The van der Waals surface area contributed by atoms with E-state index in [2.05, 4.69) is 10.3 Å². The molecule has 0 radical (unpaired) electrons. The van der Waals surface area contributed by atoms with Crippen LogP contribution in [0.3, 0.4) is 0 Å². The molecule has 0 bridgehead atoms. The smallest absolute Gasteiger partial charge is 0.257 e. The van der Waals surface area contributed by atoms with Gasteiger partial charge in [-0.1, -0.05) is 6.07 Å². The first-order valence-electron chi connectivity index (χ1n) is 7.40. The topological polar surface area (TPSA) is 77.2 Å². The zero-order valence-electron chi connectivity index (χ0n) is 13.2. The van der Waals surface area contributed by atoms with Gasteiger partial charge in [0, 0.05) is 29.2 Å². The number of carbonyl (C=O) groups is 1. The molecule has 1 aromatic carbocycles. The van der Waals surface area contributed by atoms with Crippen molar-refractivity contribution in [1.82, 2.24) is 4.98 Å². The molecular formula is C18H17N3O2S. The Bertz CT molecular complexity index is 843. The Labute approximate surface area is 144 Å². The Balaban J connectivity index is 1.65. The predicted octanol–water partition coefficient (Wildman–Crippen LogP) is 3.87. The second-order valence-electron chi connectivity index (χ2n) is 5.27. The van der Waals surface area contributed by atoms with Gasteiger partial charge >= 0.3 is 0 Å². The van der Waals surface area contributed by atoms with Crippen LogP contribution in [0.2, 0.25) is 0 Å². The molecule has 0 aliphatic carbocycles. The number of thiophene rings is 1. The van der Waals surface area contributed by atoms with Crippen molar-refractivity contribution in [2.24, 2.45) is 0 Å². The molecule has 24 heavy (non-hydrogen) atoms. The summed E-state index contributed by atoms with van der Waals surface area (Å²) < 4.78 is 5.74. The molecule has 2 heterocycles. The van der Waals surface area contributed by atoms with Crippen LogP contribution in [0.4, 0.5) is 10.7 Å². The molecule has 0 atom stereocenters. The molecule has 6 heteroatoms. The Morgan fingerprint density at radius 3 is 2.88 bits per heavy atom. The summed E-state index contributed by atoms with van der Waals surface area (Å²) in [6.07, 6.45) is 1.56. The lowest BCUT2D eigenvalue weighted by molar-refractivity contribution is 0.102. The van der Waals surface area contributed by atoms with Gasteiger partial charge in [0.05, 0.1) is 10.6 Å². The van der Waals surface area contributed by atoms with E-state index >= 15 is 0 Å². The SMILES string of the molecule is Cc1ccc(C(=O)Nc2cccc(OCc3ccsc3N)c2)cn1. The van der Waals surface area contributed by atoms with E-state index in [0.29, 0.717) is 23.6 Å². The number of nitrogens with zero attached hydrogens (tertiary/aromatic N) is 1. The number of nitrogen functional groups attached to an aromatic ring is 1. The first-order valence-corrected chi connectivity index (χ1v) is 8.28. The lowest BCUT2D eigenvalue weighted by atomic mass is 10.2. The number of anilines is 2. The van der Waals surface area contributed by atoms with E-state index in [1.54, 1.807) is 24.4 Å². The molecule has 122 valence electrons. The summed E-state index contributed by atoms with van der Waals surface area (Å²) in [4.78, 5) is 16.3. The van der Waals surface area contributed by atoms with Crippen molar-refractivity contribution in [3.8, 4) is 5.75 Å². The van der Waals surface area contributed by atoms with Gasteiger partial charge in [0.25, 0.3) is 5.91 Å². The summed E-state index contributed by atoms with van der Waals surface area (Å²) in [6, 6.07) is 12.8. The number of hydrogen-bond acceptors (Lipinski definition) is 5. The first-order chi connectivity index (χ1) is 11.6. The fraction of sp³-hybridized carbons (Fsp3) is 0.111. The van der Waals surface area contributed by atoms with Gasteiger partial charge in [0.15, 0.2) is 0 Å². The largest absolute Gasteiger partial charge is 0.489 e. The van der Waals surface area contributed by atoms with Gasteiger partial charge in [-0.05, 0) is 42.6 Å². The number of nitrogens with two attached hydrogens (primary N) is 1. The van der Waals surface area contributed by atoms with E-state index in [4.69, 9.17) is 10.5 Å². The molecule has 0 aliphatic heterocycles. The highest BCUT2D eigenvalue weighted by molar-refractivity contribution is 7.14. The minimum Gasteiger partial charge on any atom is -0.489 e. The zero-order valence-corrected chi connectivity index (χ0v) is 14.0. The van der Waals surface area contributed by atoms with E-state index in [9.17, 15) is 4.79 Å². The van der Waals surface area contributed by atoms with Gasteiger partial charge in [0.1, 0.15) is 12.4 Å². The molecule has 3 rings (SSSR count). The monoisotopic (exact) mass is 339 g/mol. The third-order valence-corrected chi connectivity index (χ3v) is 4.23. The van der Waals surface area contributed by atoms with Crippen LogP contribution < -0.4 is 15.8 Å². The summed E-state index contributed by atoms with van der Waals surface area (Å²) in [7, 11) is 0. The van der Waals surface area contributed by atoms with E-state index in [1.165, 1.54) is 11.3 Å². The predicted molar refractivity (Wildman–Crippen MR) is 96.4 cm³/mol. The summed E-state index contributed by atoms with van der Waals surface area (Å²) in [5.41, 5.74) is 8.85. The van der Waals surface area contributed by atoms with Crippen LogP contribution in [0.1, 0.15) is 21.6 Å². The van der Waals surface area contributed by atoms with Crippen LogP contribution in [0.25, 0.3) is 0 Å². The van der Waals surface area contributed by atoms with Crippen molar-refractivity contribution in [2.45, 2.75) is 13.5 Å². The maximum atomic E-state index is 12.2. The first kappa shape index (κ1) is 16.0. The molecule has 0 spiro atoms. The van der Waals surface area contributed by atoms with Gasteiger partial charge in [-0.3, -0.25) is 9.78 Å². The maximum Gasteiger partial charge on any atom is 0.257 e. The van der Waals surface area contributed by atoms with Crippen molar-refractivity contribution >= 4 is 27.9 Å². The Morgan fingerprint density at radius 2 is 2.17 bits per heavy atom. The highest BCUT2D eigenvalue weighted by Crippen LogP contribution is 2.23. The van der Waals surface area contributed by atoms with Crippen molar-refractivity contribution in [3.63, 3.8) is 0 Å². The fourth-order valence-electron chi connectivity index (χ4n) is 2.10. The van der Waals surface area contributed by atoms with E-state index in [-0.39, 0.29) is 5.91 Å². The minimum absolute atomic E-state index is 0.207. The molecule has 0 aliphatic rings. The van der Waals surface area contributed by atoms with Crippen LogP contribution >= 0.6 is 11.3 Å². The molecule has 1 amide bonds. The molecule has 0 saturated heterocycles. The van der Waals surface area contributed by atoms with Crippen molar-refractivity contribution in [3.05, 3.63) is 70.9 Å². The fourth-order valence-corrected chi connectivity index (χ4v) is 2.75. The van der Waals surface area contributed by atoms with Crippen molar-refractivity contribution in [1.29, 1.82) is 0 Å². The molecular weight excluding hydrogens is 322 g/mol. The van der Waals surface area contributed by atoms with Crippen molar-refractivity contribution in [2.75, 3.05) is 11.1 Å². The molecule has 2 aromatic heterocycles. The van der Waals surface area contributed by atoms with Crippen LogP contribution in [0.15, 0.2) is 54.0 Å². The summed E-state index contributed by atoms with van der Waals surface area (Å²) in [6.45, 7) is 2.28. The Hall–Kier alpha value is -2.86. The average Bonchev–Trinajstić information content (AvgIpc) is 2.99. The zero-order chi connectivity index (χ0) is 16.9. The maximum absolute atomic E-state index is 12.2. The number of hydrogen-bond donors (Lipinski definition) is 2. The van der Waals surface area contributed by atoms with Gasteiger partial charge in [-0.15, -0.1) is 11.3 Å². The number of carbonyl (C=O) groups excluding carboxylic acids is 1. The quantitative estimate of drug-likeness (QED) is 0.740. The lowest BCUT2D eigenvalue weighted by Gasteiger charge is -2.09. The van der Waals surface area contributed by atoms with E-state index in [1.807, 2.05) is 36.6 Å².